The number of nitrogens with zero attached hydrogens (tertiary/aromatic N) is 3. The van der Waals surface area contributed by atoms with Crippen LogP contribution in [-0.2, 0) is 13.1 Å². The third-order valence-electron chi connectivity index (χ3n) is 4.62. The van der Waals surface area contributed by atoms with Gasteiger partial charge in [0.05, 0.1) is 17.6 Å². The van der Waals surface area contributed by atoms with E-state index in [0.717, 1.165) is 24.4 Å². The molecule has 1 unspecified atom stereocenters. The second-order valence-corrected chi connectivity index (χ2v) is 6.28. The second-order valence-electron chi connectivity index (χ2n) is 6.28. The highest BCUT2D eigenvalue weighted by Gasteiger charge is 2.21. The van der Waals surface area contributed by atoms with Crippen molar-refractivity contribution in [1.82, 2.24) is 14.5 Å². The van der Waals surface area contributed by atoms with Crippen LogP contribution < -0.4 is 5.73 Å². The molecule has 0 bridgehead atoms. The first kappa shape index (κ1) is 14.5. The number of piperidine rings is 1. The molecule has 2 N–H and O–H groups in total. The molecule has 3 rings (SSSR count). The molecule has 1 fully saturated rings. The fourth-order valence-corrected chi connectivity index (χ4v) is 3.36. The maximum atomic E-state index is 5.81. The zero-order chi connectivity index (χ0) is 14.8. The lowest BCUT2D eigenvalue weighted by Gasteiger charge is -2.33. The first-order valence-corrected chi connectivity index (χ1v) is 8.09. The van der Waals surface area contributed by atoms with Crippen molar-refractivity contribution in [3.63, 3.8) is 0 Å². The van der Waals surface area contributed by atoms with Crippen LogP contribution in [0.4, 0.5) is 0 Å². The zero-order valence-corrected chi connectivity index (χ0v) is 13.2. The lowest BCUT2D eigenvalue weighted by atomic mass is 10.0. The van der Waals surface area contributed by atoms with Gasteiger partial charge >= 0.3 is 0 Å². The summed E-state index contributed by atoms with van der Waals surface area (Å²) in [5, 5.41) is 0. The molecular formula is C17H26N4. The summed E-state index contributed by atoms with van der Waals surface area (Å²) in [6, 6.07) is 7.17. The SMILES string of the molecule is Cc1ccc2c(c1)nc(CN1CCCCC1C)n2CCN. The minimum atomic E-state index is 0.655. The van der Waals surface area contributed by atoms with Gasteiger partial charge in [-0.1, -0.05) is 12.5 Å². The summed E-state index contributed by atoms with van der Waals surface area (Å²) in [4.78, 5) is 7.45. The predicted octanol–water partition coefficient (Wildman–Crippen LogP) is 2.68. The Morgan fingerprint density at radius 2 is 2.19 bits per heavy atom. The Balaban J connectivity index is 1.94. The summed E-state index contributed by atoms with van der Waals surface area (Å²) in [6.07, 6.45) is 3.97. The van der Waals surface area contributed by atoms with E-state index >= 15 is 0 Å². The van der Waals surface area contributed by atoms with E-state index in [4.69, 9.17) is 10.7 Å². The molecule has 0 aliphatic carbocycles. The number of aromatic nitrogens is 2. The van der Waals surface area contributed by atoms with E-state index in [1.807, 2.05) is 0 Å². The van der Waals surface area contributed by atoms with Gasteiger partial charge in [0.15, 0.2) is 0 Å². The van der Waals surface area contributed by atoms with Crippen LogP contribution in [0.3, 0.4) is 0 Å². The Hall–Kier alpha value is -1.39. The van der Waals surface area contributed by atoms with Crippen molar-refractivity contribution >= 4 is 11.0 Å². The molecular weight excluding hydrogens is 260 g/mol. The number of hydrogen-bond donors (Lipinski definition) is 1. The van der Waals surface area contributed by atoms with Crippen LogP contribution in [0.5, 0.6) is 0 Å². The van der Waals surface area contributed by atoms with Crippen molar-refractivity contribution in [1.29, 1.82) is 0 Å². The van der Waals surface area contributed by atoms with Crippen molar-refractivity contribution in [2.75, 3.05) is 13.1 Å². The highest BCUT2D eigenvalue weighted by Crippen LogP contribution is 2.22. The van der Waals surface area contributed by atoms with Crippen LogP contribution in [0, 0.1) is 6.92 Å². The number of benzene rings is 1. The van der Waals surface area contributed by atoms with Crippen LogP contribution in [0.15, 0.2) is 18.2 Å². The molecule has 1 aliphatic rings. The van der Waals surface area contributed by atoms with E-state index in [9.17, 15) is 0 Å². The molecule has 0 saturated carbocycles. The van der Waals surface area contributed by atoms with Crippen LogP contribution in [0.25, 0.3) is 11.0 Å². The topological polar surface area (TPSA) is 47.1 Å². The van der Waals surface area contributed by atoms with Gasteiger partial charge in [-0.3, -0.25) is 4.90 Å². The minimum Gasteiger partial charge on any atom is -0.329 e. The maximum Gasteiger partial charge on any atom is 0.124 e. The standard InChI is InChI=1S/C17H26N4/c1-13-6-7-16-15(11-13)19-17(21(16)10-8-18)12-20-9-4-3-5-14(20)2/h6-7,11,14H,3-5,8-10,12,18H2,1-2H3. The summed E-state index contributed by atoms with van der Waals surface area (Å²) < 4.78 is 2.30. The van der Waals surface area contributed by atoms with E-state index in [2.05, 4.69) is 41.5 Å². The van der Waals surface area contributed by atoms with Crippen LogP contribution in [0.1, 0.15) is 37.6 Å². The fraction of sp³-hybridized carbons (Fsp3) is 0.588. The quantitative estimate of drug-likeness (QED) is 0.940. The molecule has 1 saturated heterocycles. The van der Waals surface area contributed by atoms with Gasteiger partial charge in [0.1, 0.15) is 5.82 Å². The zero-order valence-electron chi connectivity index (χ0n) is 13.2. The Morgan fingerprint density at radius 1 is 1.33 bits per heavy atom. The molecule has 1 aromatic carbocycles. The van der Waals surface area contributed by atoms with Gasteiger partial charge in [0, 0.05) is 19.1 Å². The van der Waals surface area contributed by atoms with Crippen LogP contribution in [-0.4, -0.2) is 33.6 Å². The number of likely N-dealkylation sites (tertiary alicyclic amines) is 1. The Labute approximate surface area is 126 Å². The van der Waals surface area contributed by atoms with Gasteiger partial charge in [-0.2, -0.15) is 0 Å². The van der Waals surface area contributed by atoms with Crippen molar-refractivity contribution in [2.45, 2.75) is 52.2 Å². The number of imidazole rings is 1. The van der Waals surface area contributed by atoms with Crippen molar-refractivity contribution in [2.24, 2.45) is 5.73 Å². The average molecular weight is 286 g/mol. The van der Waals surface area contributed by atoms with E-state index in [0.29, 0.717) is 12.6 Å². The number of aryl methyl sites for hydroxylation is 1. The molecule has 0 spiro atoms. The van der Waals surface area contributed by atoms with Crippen molar-refractivity contribution in [3.8, 4) is 0 Å². The number of rotatable bonds is 4. The third-order valence-corrected chi connectivity index (χ3v) is 4.62. The Kier molecular flexibility index (Phi) is 4.27. The summed E-state index contributed by atoms with van der Waals surface area (Å²) in [5.41, 5.74) is 9.38. The van der Waals surface area contributed by atoms with Gasteiger partial charge in [-0.25, -0.2) is 4.98 Å². The van der Waals surface area contributed by atoms with E-state index < -0.39 is 0 Å². The first-order chi connectivity index (χ1) is 10.2. The van der Waals surface area contributed by atoms with Gasteiger partial charge in [0.25, 0.3) is 0 Å². The molecule has 2 aromatic rings. The highest BCUT2D eigenvalue weighted by molar-refractivity contribution is 5.76. The molecule has 4 nitrogen and oxygen atoms in total. The third kappa shape index (κ3) is 2.97. The van der Waals surface area contributed by atoms with Gasteiger partial charge in [-0.05, 0) is 50.9 Å². The Morgan fingerprint density at radius 3 is 2.95 bits per heavy atom. The van der Waals surface area contributed by atoms with Crippen LogP contribution in [0.2, 0.25) is 0 Å². The smallest absolute Gasteiger partial charge is 0.124 e. The highest BCUT2D eigenvalue weighted by atomic mass is 15.2. The Bertz CT molecular complexity index is 617. The van der Waals surface area contributed by atoms with Gasteiger partial charge < -0.3 is 10.3 Å². The number of fused-ring (bicyclic) bond motifs is 1. The molecule has 0 amide bonds. The second kappa shape index (κ2) is 6.16. The molecule has 114 valence electrons. The lowest BCUT2D eigenvalue weighted by Crippen LogP contribution is -2.37. The minimum absolute atomic E-state index is 0.655. The van der Waals surface area contributed by atoms with Gasteiger partial charge in [0.2, 0.25) is 0 Å². The summed E-state index contributed by atoms with van der Waals surface area (Å²) in [7, 11) is 0. The van der Waals surface area contributed by atoms with Crippen molar-refractivity contribution < 1.29 is 0 Å². The number of hydrogen-bond acceptors (Lipinski definition) is 3. The summed E-state index contributed by atoms with van der Waals surface area (Å²) in [6.45, 7) is 8.08. The van der Waals surface area contributed by atoms with Gasteiger partial charge in [-0.15, -0.1) is 0 Å². The molecule has 1 atom stereocenters. The predicted molar refractivity (Wildman–Crippen MR) is 87.2 cm³/mol. The summed E-state index contributed by atoms with van der Waals surface area (Å²) in [5.74, 6) is 1.16. The van der Waals surface area contributed by atoms with E-state index in [1.54, 1.807) is 0 Å². The monoisotopic (exact) mass is 286 g/mol. The molecule has 21 heavy (non-hydrogen) atoms. The fourth-order valence-electron chi connectivity index (χ4n) is 3.36. The first-order valence-electron chi connectivity index (χ1n) is 8.09. The molecule has 4 heteroatoms. The normalized spacial score (nSPS) is 20.2. The molecule has 0 radical (unpaired) electrons. The van der Waals surface area contributed by atoms with Crippen LogP contribution >= 0.6 is 0 Å². The summed E-state index contributed by atoms with van der Waals surface area (Å²) >= 11 is 0. The maximum absolute atomic E-state index is 5.81. The molecule has 1 aliphatic heterocycles. The largest absolute Gasteiger partial charge is 0.329 e. The molecule has 1 aromatic heterocycles. The lowest BCUT2D eigenvalue weighted by molar-refractivity contribution is 0.147. The average Bonchev–Trinajstić information content (AvgIpc) is 2.79. The number of nitrogens with two attached hydrogens (primary N) is 1. The van der Waals surface area contributed by atoms with E-state index in [-0.39, 0.29) is 0 Å². The molecule has 2 heterocycles. The van der Waals surface area contributed by atoms with E-state index in [1.165, 1.54) is 36.9 Å². The van der Waals surface area contributed by atoms with Crippen molar-refractivity contribution in [3.05, 3.63) is 29.6 Å².